The van der Waals surface area contributed by atoms with E-state index >= 15 is 0 Å². The predicted octanol–water partition coefficient (Wildman–Crippen LogP) is 5.89. The number of hydrogen-bond donors (Lipinski definition) is 1. The molecule has 186 valence electrons. The number of hydrogen-bond acceptors (Lipinski definition) is 7. The van der Waals surface area contributed by atoms with Gasteiger partial charge in [-0.2, -0.15) is 0 Å². The summed E-state index contributed by atoms with van der Waals surface area (Å²) in [5.74, 6) is -0.304. The van der Waals surface area contributed by atoms with E-state index in [1.165, 1.54) is 41.1 Å². The average molecular weight is 547 g/mol. The number of nitrogens with zero attached hydrogens (tertiary/aromatic N) is 1. The fourth-order valence-electron chi connectivity index (χ4n) is 3.31. The molecule has 3 aromatic rings. The lowest BCUT2D eigenvalue weighted by Gasteiger charge is -2.15. The maximum Gasteiger partial charge on any atom is 0.266 e. The van der Waals surface area contributed by atoms with E-state index < -0.39 is 18.3 Å². The number of amides is 2. The van der Waals surface area contributed by atoms with Gasteiger partial charge in [-0.3, -0.25) is 14.5 Å². The van der Waals surface area contributed by atoms with Crippen LogP contribution in [-0.2, 0) is 16.1 Å². The van der Waals surface area contributed by atoms with Crippen molar-refractivity contribution in [2.45, 2.75) is 13.5 Å². The number of furan rings is 1. The molecule has 36 heavy (non-hydrogen) atoms. The zero-order valence-corrected chi connectivity index (χ0v) is 21.3. The summed E-state index contributed by atoms with van der Waals surface area (Å²) in [5, 5.41) is 2.62. The van der Waals surface area contributed by atoms with Crippen molar-refractivity contribution in [2.24, 2.45) is 0 Å². The zero-order chi connectivity index (χ0) is 25.7. The van der Waals surface area contributed by atoms with E-state index in [4.69, 9.17) is 37.7 Å². The minimum Gasteiger partial charge on any atom is -0.490 e. The van der Waals surface area contributed by atoms with Gasteiger partial charge in [-0.15, -0.1) is 0 Å². The number of para-hydroxylation sites is 1. The molecule has 1 aliphatic rings. The molecule has 0 spiro atoms. The van der Waals surface area contributed by atoms with Crippen LogP contribution in [0.3, 0.4) is 0 Å². The molecule has 2 heterocycles. The molecule has 0 atom stereocenters. The van der Waals surface area contributed by atoms with E-state index in [2.05, 4.69) is 5.32 Å². The van der Waals surface area contributed by atoms with E-state index in [0.29, 0.717) is 32.9 Å². The van der Waals surface area contributed by atoms with Gasteiger partial charge < -0.3 is 19.2 Å². The number of ether oxygens (including phenoxy) is 2. The van der Waals surface area contributed by atoms with Crippen LogP contribution >= 0.6 is 35.6 Å². The van der Waals surface area contributed by atoms with Crippen molar-refractivity contribution in [3.63, 3.8) is 0 Å². The Morgan fingerprint density at radius 3 is 2.78 bits per heavy atom. The Labute approximate surface area is 221 Å². The molecule has 1 N–H and O–H groups in total. The summed E-state index contributed by atoms with van der Waals surface area (Å²) in [6.07, 6.45) is 3.19. The molecule has 1 aliphatic heterocycles. The fourth-order valence-corrected chi connectivity index (χ4v) is 4.84. The Hall–Kier alpha value is -3.34. The van der Waals surface area contributed by atoms with Crippen LogP contribution in [0.25, 0.3) is 6.08 Å². The number of carbonyl (C=O) groups excluding carboxylic acids is 2. The van der Waals surface area contributed by atoms with E-state index in [9.17, 15) is 14.0 Å². The number of halogens is 2. The smallest absolute Gasteiger partial charge is 0.266 e. The number of carbonyl (C=O) groups is 2. The SMILES string of the molecule is CCOc1cc(/C=C2\SC(=S)N(Cc3ccco3)C2=O)cc(Cl)c1OCC(=O)Nc1ccccc1F. The lowest BCUT2D eigenvalue weighted by molar-refractivity contribution is -0.122. The van der Waals surface area contributed by atoms with Gasteiger partial charge in [-0.25, -0.2) is 4.39 Å². The third-order valence-corrected chi connectivity index (χ3v) is 6.55. The molecule has 2 amide bonds. The molecule has 0 aliphatic carbocycles. The van der Waals surface area contributed by atoms with E-state index in [1.54, 1.807) is 43.3 Å². The molecule has 1 aromatic heterocycles. The maximum absolute atomic E-state index is 13.8. The van der Waals surface area contributed by atoms with Crippen LogP contribution in [0.4, 0.5) is 10.1 Å². The molecule has 11 heteroatoms. The van der Waals surface area contributed by atoms with Gasteiger partial charge in [-0.05, 0) is 55.0 Å². The molecule has 0 saturated carbocycles. The molecule has 0 radical (unpaired) electrons. The zero-order valence-electron chi connectivity index (χ0n) is 19.0. The Balaban J connectivity index is 1.49. The van der Waals surface area contributed by atoms with Crippen molar-refractivity contribution >= 4 is 63.5 Å². The first-order valence-corrected chi connectivity index (χ1v) is 12.4. The molecule has 0 unspecified atom stereocenters. The number of anilines is 1. The molecule has 1 fully saturated rings. The highest BCUT2D eigenvalue weighted by Gasteiger charge is 2.32. The van der Waals surface area contributed by atoms with Gasteiger partial charge in [0.1, 0.15) is 15.9 Å². The van der Waals surface area contributed by atoms with Gasteiger partial charge in [0.15, 0.2) is 18.1 Å². The van der Waals surface area contributed by atoms with Crippen molar-refractivity contribution < 1.29 is 27.9 Å². The highest BCUT2D eigenvalue weighted by Crippen LogP contribution is 2.39. The van der Waals surface area contributed by atoms with E-state index in [-0.39, 0.29) is 28.9 Å². The molecule has 2 aromatic carbocycles. The predicted molar refractivity (Wildman–Crippen MR) is 141 cm³/mol. The third-order valence-electron chi connectivity index (χ3n) is 4.89. The standard InChI is InChI=1S/C25H20ClFN2O5S2/c1-2-32-20-11-15(12-21-24(31)29(25(35)36-21)13-16-6-5-9-33-16)10-17(26)23(20)34-14-22(30)28-19-8-4-3-7-18(19)27/h3-12H,2,13-14H2,1H3,(H,28,30)/b21-12-. The van der Waals surface area contributed by atoms with Crippen LogP contribution in [0.5, 0.6) is 11.5 Å². The van der Waals surface area contributed by atoms with Crippen LogP contribution < -0.4 is 14.8 Å². The van der Waals surface area contributed by atoms with Gasteiger partial charge >= 0.3 is 0 Å². The first kappa shape index (κ1) is 25.7. The van der Waals surface area contributed by atoms with Gasteiger partial charge in [-0.1, -0.05) is 47.7 Å². The van der Waals surface area contributed by atoms with Crippen LogP contribution in [-0.4, -0.2) is 34.2 Å². The average Bonchev–Trinajstić information content (AvgIpc) is 3.44. The quantitative estimate of drug-likeness (QED) is 0.265. The molecular weight excluding hydrogens is 527 g/mol. The summed E-state index contributed by atoms with van der Waals surface area (Å²) in [5.41, 5.74) is 0.632. The van der Waals surface area contributed by atoms with Gasteiger partial charge in [0.2, 0.25) is 0 Å². The number of benzene rings is 2. The molecular formula is C25H20ClFN2O5S2. The summed E-state index contributed by atoms with van der Waals surface area (Å²) in [6, 6.07) is 12.6. The highest BCUT2D eigenvalue weighted by molar-refractivity contribution is 8.26. The van der Waals surface area contributed by atoms with Crippen molar-refractivity contribution in [3.05, 3.63) is 81.9 Å². The summed E-state index contributed by atoms with van der Waals surface area (Å²) in [4.78, 5) is 27.1. The van der Waals surface area contributed by atoms with Crippen molar-refractivity contribution in [2.75, 3.05) is 18.5 Å². The normalized spacial score (nSPS) is 14.4. The summed E-state index contributed by atoms with van der Waals surface area (Å²) in [7, 11) is 0. The lowest BCUT2D eigenvalue weighted by Crippen LogP contribution is -2.27. The van der Waals surface area contributed by atoms with Gasteiger partial charge in [0.05, 0.1) is 35.0 Å². The second kappa shape index (κ2) is 11.6. The summed E-state index contributed by atoms with van der Waals surface area (Å²) in [6.45, 7) is 1.92. The minimum atomic E-state index is -0.567. The first-order chi connectivity index (χ1) is 17.4. The number of thiocarbonyl (C=S) groups is 1. The molecule has 0 bridgehead atoms. The largest absolute Gasteiger partial charge is 0.490 e. The monoisotopic (exact) mass is 546 g/mol. The summed E-state index contributed by atoms with van der Waals surface area (Å²) >= 11 is 13.0. The molecule has 4 rings (SSSR count). The van der Waals surface area contributed by atoms with Crippen molar-refractivity contribution in [1.29, 1.82) is 0 Å². The minimum absolute atomic E-state index is 0.0435. The van der Waals surface area contributed by atoms with Crippen LogP contribution in [0.1, 0.15) is 18.2 Å². The highest BCUT2D eigenvalue weighted by atomic mass is 35.5. The number of nitrogens with one attached hydrogen (secondary N) is 1. The molecule has 7 nitrogen and oxygen atoms in total. The van der Waals surface area contributed by atoms with Crippen LogP contribution in [0, 0.1) is 5.82 Å². The van der Waals surface area contributed by atoms with Crippen LogP contribution in [0.2, 0.25) is 5.02 Å². The number of rotatable bonds is 9. The third kappa shape index (κ3) is 6.07. The first-order valence-electron chi connectivity index (χ1n) is 10.8. The summed E-state index contributed by atoms with van der Waals surface area (Å²) < 4.78 is 30.8. The Morgan fingerprint density at radius 2 is 2.06 bits per heavy atom. The lowest BCUT2D eigenvalue weighted by atomic mass is 10.1. The van der Waals surface area contributed by atoms with E-state index in [0.717, 1.165) is 0 Å². The Morgan fingerprint density at radius 1 is 1.25 bits per heavy atom. The second-order valence-electron chi connectivity index (χ2n) is 7.43. The maximum atomic E-state index is 13.8. The Bertz CT molecular complexity index is 1330. The second-order valence-corrected chi connectivity index (χ2v) is 9.51. The van der Waals surface area contributed by atoms with Crippen molar-refractivity contribution in [1.82, 2.24) is 4.90 Å². The fraction of sp³-hybridized carbons (Fsp3) is 0.160. The number of thioether (sulfide) groups is 1. The van der Waals surface area contributed by atoms with Crippen molar-refractivity contribution in [3.8, 4) is 11.5 Å². The van der Waals surface area contributed by atoms with Crippen LogP contribution in [0.15, 0.2) is 64.1 Å². The Kier molecular flexibility index (Phi) is 8.29. The van der Waals surface area contributed by atoms with Gasteiger partial charge in [0, 0.05) is 0 Å². The topological polar surface area (TPSA) is 81.0 Å². The molecule has 1 saturated heterocycles. The van der Waals surface area contributed by atoms with E-state index in [1.807, 2.05) is 0 Å². The van der Waals surface area contributed by atoms with Gasteiger partial charge in [0.25, 0.3) is 11.8 Å².